The summed E-state index contributed by atoms with van der Waals surface area (Å²) in [5, 5.41) is 15.5. The SMILES string of the molecule is Cc1ccc(-c2nc3nccc(-c4ccc(F)c([N+](=O)[O-])c4)n3n2)cc1. The fraction of sp³-hybridized carbons (Fsp3) is 0.0556. The van der Waals surface area contributed by atoms with Gasteiger partial charge in [-0.1, -0.05) is 29.8 Å². The molecule has 0 N–H and O–H groups in total. The first-order chi connectivity index (χ1) is 12.5. The van der Waals surface area contributed by atoms with E-state index in [2.05, 4.69) is 15.1 Å². The second kappa shape index (κ2) is 5.99. The highest BCUT2D eigenvalue weighted by molar-refractivity contribution is 5.66. The quantitative estimate of drug-likeness (QED) is 0.415. The lowest BCUT2D eigenvalue weighted by Gasteiger charge is -2.04. The van der Waals surface area contributed by atoms with Crippen molar-refractivity contribution in [3.05, 3.63) is 76.2 Å². The molecule has 26 heavy (non-hydrogen) atoms. The van der Waals surface area contributed by atoms with E-state index < -0.39 is 16.4 Å². The standard InChI is InChI=1S/C18H12FN5O2/c1-11-2-4-12(5-3-11)17-21-18-20-9-8-15(23(18)22-17)13-6-7-14(19)16(10-13)24(25)26/h2-10H,1H3. The van der Waals surface area contributed by atoms with Gasteiger partial charge < -0.3 is 0 Å². The van der Waals surface area contributed by atoms with E-state index in [0.717, 1.165) is 17.2 Å². The topological polar surface area (TPSA) is 86.2 Å². The summed E-state index contributed by atoms with van der Waals surface area (Å²) < 4.78 is 15.1. The molecule has 0 fully saturated rings. The Balaban J connectivity index is 1.88. The zero-order valence-corrected chi connectivity index (χ0v) is 13.6. The number of hydrogen-bond donors (Lipinski definition) is 0. The number of halogens is 1. The van der Waals surface area contributed by atoms with E-state index in [4.69, 9.17) is 0 Å². The zero-order chi connectivity index (χ0) is 18.3. The van der Waals surface area contributed by atoms with Gasteiger partial charge in [-0.25, -0.2) is 4.98 Å². The maximum Gasteiger partial charge on any atom is 0.305 e. The lowest BCUT2D eigenvalue weighted by Crippen LogP contribution is -1.98. The first kappa shape index (κ1) is 15.8. The molecule has 0 bridgehead atoms. The second-order valence-corrected chi connectivity index (χ2v) is 5.77. The van der Waals surface area contributed by atoms with Gasteiger partial charge in [-0.2, -0.15) is 13.9 Å². The Morgan fingerprint density at radius 1 is 1.08 bits per heavy atom. The molecule has 4 aromatic rings. The third-order valence-corrected chi connectivity index (χ3v) is 3.99. The van der Waals surface area contributed by atoms with E-state index in [0.29, 0.717) is 22.9 Å². The minimum atomic E-state index is -0.886. The summed E-state index contributed by atoms with van der Waals surface area (Å²) in [6.45, 7) is 1.99. The number of aryl methyl sites for hydroxylation is 1. The van der Waals surface area contributed by atoms with E-state index in [1.54, 1.807) is 6.07 Å². The van der Waals surface area contributed by atoms with Crippen LogP contribution in [0.2, 0.25) is 0 Å². The van der Waals surface area contributed by atoms with E-state index in [1.807, 2.05) is 31.2 Å². The molecule has 7 nitrogen and oxygen atoms in total. The van der Waals surface area contributed by atoms with Gasteiger partial charge in [0.2, 0.25) is 5.82 Å². The largest absolute Gasteiger partial charge is 0.305 e. The van der Waals surface area contributed by atoms with Crippen LogP contribution in [-0.4, -0.2) is 24.5 Å². The molecule has 8 heteroatoms. The van der Waals surface area contributed by atoms with Crippen molar-refractivity contribution in [1.82, 2.24) is 19.6 Å². The zero-order valence-electron chi connectivity index (χ0n) is 13.6. The van der Waals surface area contributed by atoms with Crippen LogP contribution in [0.15, 0.2) is 54.7 Å². The molecule has 0 aliphatic rings. The van der Waals surface area contributed by atoms with Crippen LogP contribution in [0.25, 0.3) is 28.4 Å². The lowest BCUT2D eigenvalue weighted by atomic mass is 10.1. The van der Waals surface area contributed by atoms with Crippen LogP contribution in [-0.2, 0) is 0 Å². The van der Waals surface area contributed by atoms with Gasteiger partial charge in [0.15, 0.2) is 5.82 Å². The van der Waals surface area contributed by atoms with Gasteiger partial charge >= 0.3 is 5.69 Å². The summed E-state index contributed by atoms with van der Waals surface area (Å²) in [6, 6.07) is 13.1. The van der Waals surface area contributed by atoms with Gasteiger partial charge in [0, 0.05) is 23.4 Å². The fourth-order valence-electron chi connectivity index (χ4n) is 2.65. The van der Waals surface area contributed by atoms with Crippen molar-refractivity contribution >= 4 is 11.5 Å². The third-order valence-electron chi connectivity index (χ3n) is 3.99. The number of fused-ring (bicyclic) bond motifs is 1. The highest BCUT2D eigenvalue weighted by Gasteiger charge is 2.17. The van der Waals surface area contributed by atoms with Crippen molar-refractivity contribution in [2.75, 3.05) is 0 Å². The molecule has 0 atom stereocenters. The van der Waals surface area contributed by atoms with Gasteiger partial charge in [0.05, 0.1) is 10.6 Å². The first-order valence-corrected chi connectivity index (χ1v) is 7.76. The average Bonchev–Trinajstić information content (AvgIpc) is 3.06. The summed E-state index contributed by atoms with van der Waals surface area (Å²) in [7, 11) is 0. The van der Waals surface area contributed by atoms with Crippen molar-refractivity contribution in [2.24, 2.45) is 0 Å². The van der Waals surface area contributed by atoms with Crippen LogP contribution in [0.3, 0.4) is 0 Å². The molecule has 0 amide bonds. The lowest BCUT2D eigenvalue weighted by molar-refractivity contribution is -0.387. The molecule has 2 aromatic heterocycles. The van der Waals surface area contributed by atoms with Crippen molar-refractivity contribution in [2.45, 2.75) is 6.92 Å². The Bertz CT molecular complexity index is 1140. The summed E-state index contributed by atoms with van der Waals surface area (Å²) >= 11 is 0. The van der Waals surface area contributed by atoms with Crippen molar-refractivity contribution < 1.29 is 9.31 Å². The van der Waals surface area contributed by atoms with Crippen molar-refractivity contribution in [3.8, 4) is 22.6 Å². The minimum Gasteiger partial charge on any atom is -0.258 e. The third kappa shape index (κ3) is 2.67. The van der Waals surface area contributed by atoms with Crippen LogP contribution < -0.4 is 0 Å². The number of hydrogen-bond acceptors (Lipinski definition) is 5. The highest BCUT2D eigenvalue weighted by atomic mass is 19.1. The van der Waals surface area contributed by atoms with Crippen LogP contribution in [0.1, 0.15) is 5.56 Å². The molecule has 0 spiro atoms. The molecule has 2 aromatic carbocycles. The molecular formula is C18H12FN5O2. The molecule has 0 aliphatic heterocycles. The highest BCUT2D eigenvalue weighted by Crippen LogP contribution is 2.27. The minimum absolute atomic E-state index is 0.352. The predicted octanol–water partition coefficient (Wildman–Crippen LogP) is 3.81. The maximum absolute atomic E-state index is 13.6. The molecule has 4 rings (SSSR count). The van der Waals surface area contributed by atoms with Crippen molar-refractivity contribution in [1.29, 1.82) is 0 Å². The molecule has 0 radical (unpaired) electrons. The predicted molar refractivity (Wildman–Crippen MR) is 93.0 cm³/mol. The van der Waals surface area contributed by atoms with E-state index in [1.165, 1.54) is 22.8 Å². The fourth-order valence-corrected chi connectivity index (χ4v) is 2.65. The number of nitrogens with zero attached hydrogens (tertiary/aromatic N) is 5. The van der Waals surface area contributed by atoms with Gasteiger partial charge in [0.1, 0.15) is 0 Å². The second-order valence-electron chi connectivity index (χ2n) is 5.77. The summed E-state index contributed by atoms with van der Waals surface area (Å²) in [4.78, 5) is 18.8. The maximum atomic E-state index is 13.6. The number of aromatic nitrogens is 4. The van der Waals surface area contributed by atoms with E-state index in [9.17, 15) is 14.5 Å². The van der Waals surface area contributed by atoms with Gasteiger partial charge in [-0.15, -0.1) is 5.10 Å². The monoisotopic (exact) mass is 349 g/mol. The average molecular weight is 349 g/mol. The van der Waals surface area contributed by atoms with Gasteiger partial charge in [-0.3, -0.25) is 10.1 Å². The molecular weight excluding hydrogens is 337 g/mol. The number of benzene rings is 2. The molecule has 2 heterocycles. The summed E-state index contributed by atoms with van der Waals surface area (Å²) in [6.07, 6.45) is 1.54. The first-order valence-electron chi connectivity index (χ1n) is 7.76. The molecule has 128 valence electrons. The van der Waals surface area contributed by atoms with Gasteiger partial charge in [-0.05, 0) is 25.1 Å². The number of nitro benzene ring substituents is 1. The van der Waals surface area contributed by atoms with E-state index >= 15 is 0 Å². The Kier molecular flexibility index (Phi) is 3.65. The smallest absolute Gasteiger partial charge is 0.258 e. The Morgan fingerprint density at radius 3 is 2.54 bits per heavy atom. The Labute approximate surface area is 146 Å². The number of rotatable bonds is 3. The Morgan fingerprint density at radius 2 is 1.81 bits per heavy atom. The van der Waals surface area contributed by atoms with E-state index in [-0.39, 0.29) is 0 Å². The Hall–Kier alpha value is -3.68. The van der Waals surface area contributed by atoms with Crippen LogP contribution in [0.4, 0.5) is 10.1 Å². The van der Waals surface area contributed by atoms with Crippen LogP contribution >= 0.6 is 0 Å². The van der Waals surface area contributed by atoms with Gasteiger partial charge in [0.25, 0.3) is 5.78 Å². The van der Waals surface area contributed by atoms with Crippen molar-refractivity contribution in [3.63, 3.8) is 0 Å². The summed E-state index contributed by atoms with van der Waals surface area (Å²) in [5.74, 6) is -0.0467. The molecule has 0 aliphatic carbocycles. The molecule has 0 saturated heterocycles. The normalized spacial score (nSPS) is 11.0. The summed E-state index contributed by atoms with van der Waals surface area (Å²) in [5.41, 5.74) is 2.34. The van der Waals surface area contributed by atoms with Crippen LogP contribution in [0, 0.1) is 22.9 Å². The molecule has 0 saturated carbocycles. The molecule has 0 unspecified atom stereocenters. The van der Waals surface area contributed by atoms with Crippen LogP contribution in [0.5, 0.6) is 0 Å². The number of nitro groups is 1.